The fraction of sp³-hybridized carbons (Fsp3) is 0.400. The van der Waals surface area contributed by atoms with Gasteiger partial charge in [0.2, 0.25) is 0 Å². The van der Waals surface area contributed by atoms with Crippen LogP contribution in [0.4, 0.5) is 0 Å². The highest BCUT2D eigenvalue weighted by molar-refractivity contribution is 6.35. The Morgan fingerprint density at radius 3 is 2.54 bits per heavy atom. The fourth-order valence-electron chi connectivity index (χ4n) is 1.22. The second-order valence-corrected chi connectivity index (χ2v) is 4.27. The number of rotatable bonds is 3. The van der Waals surface area contributed by atoms with Gasteiger partial charge in [0.1, 0.15) is 0 Å². The maximum atomic E-state index is 6.03. The van der Waals surface area contributed by atoms with Crippen molar-refractivity contribution in [2.75, 3.05) is 5.88 Å². The molecule has 0 saturated carbocycles. The van der Waals surface area contributed by atoms with Gasteiger partial charge in [-0.1, -0.05) is 36.2 Å². The molecule has 72 valence electrons. The Kier molecular flexibility index (Phi) is 4.37. The van der Waals surface area contributed by atoms with E-state index in [1.54, 1.807) is 6.07 Å². The van der Waals surface area contributed by atoms with Crippen LogP contribution in [0.5, 0.6) is 0 Å². The van der Waals surface area contributed by atoms with Crippen LogP contribution in [0.2, 0.25) is 10.0 Å². The van der Waals surface area contributed by atoms with Gasteiger partial charge in [0.05, 0.1) is 0 Å². The molecule has 1 atom stereocenters. The molecular formula is C10H11Cl3. The third-order valence-corrected chi connectivity index (χ3v) is 2.82. The Morgan fingerprint density at radius 1 is 1.31 bits per heavy atom. The topological polar surface area (TPSA) is 0 Å². The summed E-state index contributed by atoms with van der Waals surface area (Å²) < 4.78 is 0. The van der Waals surface area contributed by atoms with Crippen molar-refractivity contribution < 1.29 is 0 Å². The molecule has 0 fully saturated rings. The minimum Gasteiger partial charge on any atom is -0.127 e. The van der Waals surface area contributed by atoms with Crippen LogP contribution in [0.15, 0.2) is 18.2 Å². The summed E-state index contributed by atoms with van der Waals surface area (Å²) in [5, 5.41) is 1.40. The standard InChI is InChI=1S/C10H11Cl3/c1-7(4-5-11)9-3-2-8(12)6-10(9)13/h2-3,6-7H,4-5H2,1H3. The molecule has 0 nitrogen and oxygen atoms in total. The third-order valence-electron chi connectivity index (χ3n) is 2.04. The van der Waals surface area contributed by atoms with E-state index in [2.05, 4.69) is 6.92 Å². The van der Waals surface area contributed by atoms with E-state index in [-0.39, 0.29) is 0 Å². The van der Waals surface area contributed by atoms with Crippen LogP contribution in [0.1, 0.15) is 24.8 Å². The minimum absolute atomic E-state index is 0.391. The highest BCUT2D eigenvalue weighted by atomic mass is 35.5. The molecule has 0 aromatic heterocycles. The van der Waals surface area contributed by atoms with Crippen LogP contribution in [-0.2, 0) is 0 Å². The van der Waals surface area contributed by atoms with Gasteiger partial charge < -0.3 is 0 Å². The molecule has 1 aromatic rings. The Labute approximate surface area is 93.8 Å². The lowest BCUT2D eigenvalue weighted by Gasteiger charge is -2.11. The van der Waals surface area contributed by atoms with E-state index >= 15 is 0 Å². The zero-order chi connectivity index (χ0) is 9.84. The van der Waals surface area contributed by atoms with Crippen LogP contribution >= 0.6 is 34.8 Å². The number of hydrogen-bond acceptors (Lipinski definition) is 0. The van der Waals surface area contributed by atoms with Crippen molar-refractivity contribution in [2.24, 2.45) is 0 Å². The fourth-order valence-corrected chi connectivity index (χ4v) is 2.14. The largest absolute Gasteiger partial charge is 0.127 e. The Morgan fingerprint density at radius 2 is 2.00 bits per heavy atom. The first kappa shape index (κ1) is 11.2. The van der Waals surface area contributed by atoms with Crippen LogP contribution in [0.3, 0.4) is 0 Å². The van der Waals surface area contributed by atoms with E-state index in [1.807, 2.05) is 12.1 Å². The van der Waals surface area contributed by atoms with Gasteiger partial charge in [-0.2, -0.15) is 0 Å². The van der Waals surface area contributed by atoms with Crippen molar-refractivity contribution in [3.63, 3.8) is 0 Å². The molecule has 0 saturated heterocycles. The van der Waals surface area contributed by atoms with Crippen molar-refractivity contribution in [1.82, 2.24) is 0 Å². The van der Waals surface area contributed by atoms with E-state index in [0.29, 0.717) is 16.8 Å². The van der Waals surface area contributed by atoms with Crippen molar-refractivity contribution in [2.45, 2.75) is 19.3 Å². The zero-order valence-corrected chi connectivity index (χ0v) is 9.63. The van der Waals surface area contributed by atoms with Crippen molar-refractivity contribution in [1.29, 1.82) is 0 Å². The normalized spacial score (nSPS) is 12.9. The number of hydrogen-bond donors (Lipinski definition) is 0. The molecule has 0 aliphatic rings. The van der Waals surface area contributed by atoms with Gasteiger partial charge in [-0.05, 0) is 30.0 Å². The summed E-state index contributed by atoms with van der Waals surface area (Å²) in [7, 11) is 0. The predicted octanol–water partition coefficient (Wildman–Crippen LogP) is 4.73. The first-order valence-electron chi connectivity index (χ1n) is 4.16. The van der Waals surface area contributed by atoms with Gasteiger partial charge in [-0.3, -0.25) is 0 Å². The second kappa shape index (κ2) is 5.09. The molecule has 0 aliphatic heterocycles. The highest BCUT2D eigenvalue weighted by Crippen LogP contribution is 2.29. The molecule has 0 bridgehead atoms. The molecule has 0 amide bonds. The lowest BCUT2D eigenvalue weighted by Crippen LogP contribution is -1.95. The smallest absolute Gasteiger partial charge is 0.0455 e. The molecule has 1 aromatic carbocycles. The van der Waals surface area contributed by atoms with Crippen molar-refractivity contribution in [3.8, 4) is 0 Å². The van der Waals surface area contributed by atoms with Crippen molar-refractivity contribution >= 4 is 34.8 Å². The molecule has 3 heteroatoms. The van der Waals surface area contributed by atoms with E-state index in [1.165, 1.54) is 0 Å². The third kappa shape index (κ3) is 3.05. The minimum atomic E-state index is 0.391. The van der Waals surface area contributed by atoms with Crippen LogP contribution in [0.25, 0.3) is 0 Å². The summed E-state index contributed by atoms with van der Waals surface area (Å²) in [4.78, 5) is 0. The molecule has 0 aliphatic carbocycles. The monoisotopic (exact) mass is 236 g/mol. The van der Waals surface area contributed by atoms with Gasteiger partial charge in [-0.15, -0.1) is 11.6 Å². The average Bonchev–Trinajstić information content (AvgIpc) is 2.04. The molecule has 13 heavy (non-hydrogen) atoms. The highest BCUT2D eigenvalue weighted by Gasteiger charge is 2.08. The molecule has 0 radical (unpaired) electrons. The first-order chi connectivity index (χ1) is 6.15. The van der Waals surface area contributed by atoms with Crippen LogP contribution < -0.4 is 0 Å². The lowest BCUT2D eigenvalue weighted by molar-refractivity contribution is 0.738. The average molecular weight is 238 g/mol. The van der Waals surface area contributed by atoms with Gasteiger partial charge in [-0.25, -0.2) is 0 Å². The summed E-state index contributed by atoms with van der Waals surface area (Å²) in [6.45, 7) is 2.11. The second-order valence-electron chi connectivity index (χ2n) is 3.04. The molecule has 1 unspecified atom stereocenters. The zero-order valence-electron chi connectivity index (χ0n) is 7.36. The molecular weight excluding hydrogens is 226 g/mol. The summed E-state index contributed by atoms with van der Waals surface area (Å²) in [6.07, 6.45) is 0.933. The van der Waals surface area contributed by atoms with E-state index < -0.39 is 0 Å². The number of benzene rings is 1. The van der Waals surface area contributed by atoms with Gasteiger partial charge in [0.25, 0.3) is 0 Å². The summed E-state index contributed by atoms with van der Waals surface area (Å²) in [5.41, 5.74) is 1.12. The number of halogens is 3. The molecule has 0 N–H and O–H groups in total. The Balaban J connectivity index is 2.88. The summed E-state index contributed by atoms with van der Waals surface area (Å²) in [5.74, 6) is 1.04. The van der Waals surface area contributed by atoms with Gasteiger partial charge >= 0.3 is 0 Å². The van der Waals surface area contributed by atoms with Gasteiger partial charge in [0.15, 0.2) is 0 Å². The van der Waals surface area contributed by atoms with E-state index in [0.717, 1.165) is 17.0 Å². The quantitative estimate of drug-likeness (QED) is 0.667. The van der Waals surface area contributed by atoms with E-state index in [4.69, 9.17) is 34.8 Å². The van der Waals surface area contributed by atoms with Crippen LogP contribution in [0, 0.1) is 0 Å². The number of alkyl halides is 1. The summed E-state index contributed by atoms with van der Waals surface area (Å²) in [6, 6.07) is 5.58. The molecule has 1 rings (SSSR count). The Bertz CT molecular complexity index is 283. The van der Waals surface area contributed by atoms with Crippen LogP contribution in [-0.4, -0.2) is 5.88 Å². The van der Waals surface area contributed by atoms with Gasteiger partial charge in [0, 0.05) is 15.9 Å². The first-order valence-corrected chi connectivity index (χ1v) is 5.45. The van der Waals surface area contributed by atoms with E-state index in [9.17, 15) is 0 Å². The maximum Gasteiger partial charge on any atom is 0.0455 e. The molecule has 0 heterocycles. The maximum absolute atomic E-state index is 6.03. The predicted molar refractivity (Wildman–Crippen MR) is 60.2 cm³/mol. The van der Waals surface area contributed by atoms with Crippen molar-refractivity contribution in [3.05, 3.63) is 33.8 Å². The SMILES string of the molecule is CC(CCCl)c1ccc(Cl)cc1Cl. The molecule has 0 spiro atoms. The summed E-state index contributed by atoms with van der Waals surface area (Å²) >= 11 is 17.5. The lowest BCUT2D eigenvalue weighted by atomic mass is 9.99. The Hall–Kier alpha value is 0.0900.